The summed E-state index contributed by atoms with van der Waals surface area (Å²) in [4.78, 5) is 25.9. The van der Waals surface area contributed by atoms with Gasteiger partial charge in [-0.25, -0.2) is 0 Å². The Labute approximate surface area is 122 Å². The fourth-order valence-corrected chi connectivity index (χ4v) is 4.46. The Kier molecular flexibility index (Phi) is 2.68. The molecule has 0 spiro atoms. The van der Waals surface area contributed by atoms with Gasteiger partial charge in [0, 0.05) is 11.6 Å². The van der Waals surface area contributed by atoms with Crippen molar-refractivity contribution in [2.45, 2.75) is 25.7 Å². The summed E-state index contributed by atoms with van der Waals surface area (Å²) >= 11 is 5.92. The molecule has 104 valence electrons. The first kappa shape index (κ1) is 12.4. The number of rotatable bonds is 2. The van der Waals surface area contributed by atoms with Crippen molar-refractivity contribution in [2.24, 2.45) is 17.8 Å². The van der Waals surface area contributed by atoms with E-state index in [1.54, 1.807) is 23.1 Å². The van der Waals surface area contributed by atoms with Crippen LogP contribution in [0.2, 0.25) is 5.02 Å². The third-order valence-corrected chi connectivity index (χ3v) is 5.47. The third kappa shape index (κ3) is 1.72. The van der Waals surface area contributed by atoms with E-state index in [0.29, 0.717) is 23.0 Å². The van der Waals surface area contributed by atoms with E-state index < -0.39 is 5.78 Å². The van der Waals surface area contributed by atoms with Crippen molar-refractivity contribution in [3.63, 3.8) is 0 Å². The molecule has 1 aromatic carbocycles. The highest BCUT2D eigenvalue weighted by Crippen LogP contribution is 2.49. The van der Waals surface area contributed by atoms with Crippen LogP contribution >= 0.6 is 11.6 Å². The highest BCUT2D eigenvalue weighted by Gasteiger charge is 2.43. The molecule has 2 saturated carbocycles. The first-order valence-corrected chi connectivity index (χ1v) is 7.67. The quantitative estimate of drug-likeness (QED) is 0.783. The molecule has 1 aliphatic heterocycles. The van der Waals surface area contributed by atoms with E-state index >= 15 is 0 Å². The molecule has 3 atom stereocenters. The summed E-state index contributed by atoms with van der Waals surface area (Å²) in [7, 11) is 0. The largest absolute Gasteiger partial charge is 0.304 e. The maximum atomic E-state index is 12.2. The standard InChI is InChI=1S/C16H16ClNO2/c17-12-3-4-14-13(7-12)15(19)16(20)18(14)8-11-6-9-1-2-10(11)5-9/h3-4,7,9-11H,1-2,5-6,8H2. The molecule has 0 saturated heterocycles. The number of Topliss-reactive ketones (excluding diaryl/α,β-unsaturated/α-hetero) is 1. The average Bonchev–Trinajstić information content (AvgIpc) is 3.10. The lowest BCUT2D eigenvalue weighted by Gasteiger charge is -2.27. The van der Waals surface area contributed by atoms with Crippen LogP contribution < -0.4 is 4.90 Å². The van der Waals surface area contributed by atoms with Crippen LogP contribution in [0.15, 0.2) is 18.2 Å². The van der Waals surface area contributed by atoms with Gasteiger partial charge in [0.05, 0.1) is 11.3 Å². The maximum absolute atomic E-state index is 12.2. The van der Waals surface area contributed by atoms with Gasteiger partial charge in [0.2, 0.25) is 0 Å². The van der Waals surface area contributed by atoms with Gasteiger partial charge in [-0.3, -0.25) is 9.59 Å². The van der Waals surface area contributed by atoms with Crippen molar-refractivity contribution in [1.29, 1.82) is 0 Å². The van der Waals surface area contributed by atoms with Crippen LogP contribution in [-0.2, 0) is 4.79 Å². The first-order chi connectivity index (χ1) is 9.63. The molecule has 0 aromatic heterocycles. The minimum absolute atomic E-state index is 0.384. The minimum atomic E-state index is -0.411. The zero-order valence-electron chi connectivity index (χ0n) is 11.1. The Balaban J connectivity index is 1.63. The molecule has 2 aliphatic carbocycles. The zero-order chi connectivity index (χ0) is 13.9. The molecule has 2 bridgehead atoms. The number of amides is 1. The van der Waals surface area contributed by atoms with Crippen LogP contribution in [0.3, 0.4) is 0 Å². The van der Waals surface area contributed by atoms with E-state index in [1.165, 1.54) is 25.7 Å². The van der Waals surface area contributed by atoms with E-state index in [2.05, 4.69) is 0 Å². The molecule has 0 N–H and O–H groups in total. The monoisotopic (exact) mass is 289 g/mol. The summed E-state index contributed by atoms with van der Waals surface area (Å²) < 4.78 is 0. The highest BCUT2D eigenvalue weighted by molar-refractivity contribution is 6.52. The number of anilines is 1. The summed E-state index contributed by atoms with van der Waals surface area (Å²) in [5, 5.41) is 0.506. The molecule has 0 radical (unpaired) electrons. The number of hydrogen-bond donors (Lipinski definition) is 0. The van der Waals surface area contributed by atoms with Gasteiger partial charge in [0.15, 0.2) is 0 Å². The molecular weight excluding hydrogens is 274 g/mol. The summed E-state index contributed by atoms with van der Waals surface area (Å²) in [5.41, 5.74) is 1.21. The van der Waals surface area contributed by atoms with Crippen LogP contribution in [0.5, 0.6) is 0 Å². The van der Waals surface area contributed by atoms with Crippen LogP contribution in [0.1, 0.15) is 36.0 Å². The first-order valence-electron chi connectivity index (χ1n) is 7.29. The molecule has 3 nitrogen and oxygen atoms in total. The molecule has 4 heteroatoms. The van der Waals surface area contributed by atoms with Crippen molar-refractivity contribution < 1.29 is 9.59 Å². The zero-order valence-corrected chi connectivity index (χ0v) is 11.9. The molecule has 3 unspecified atom stereocenters. The van der Waals surface area contributed by atoms with E-state index in [0.717, 1.165) is 17.5 Å². The second-order valence-electron chi connectivity index (χ2n) is 6.34. The predicted octanol–water partition coefficient (Wildman–Crippen LogP) is 3.31. The van der Waals surface area contributed by atoms with Gasteiger partial charge in [-0.2, -0.15) is 0 Å². The molecule has 1 heterocycles. The van der Waals surface area contributed by atoms with Gasteiger partial charge >= 0.3 is 0 Å². The smallest absolute Gasteiger partial charge is 0.299 e. The van der Waals surface area contributed by atoms with E-state index in [1.807, 2.05) is 0 Å². The predicted molar refractivity (Wildman–Crippen MR) is 77.1 cm³/mol. The second-order valence-corrected chi connectivity index (χ2v) is 6.78. The number of halogens is 1. The Morgan fingerprint density at radius 3 is 2.75 bits per heavy atom. The summed E-state index contributed by atoms with van der Waals surface area (Å²) in [6, 6.07) is 5.16. The summed E-state index contributed by atoms with van der Waals surface area (Å²) in [6.07, 6.45) is 5.17. The Morgan fingerprint density at radius 2 is 2.05 bits per heavy atom. The van der Waals surface area contributed by atoms with Crippen molar-refractivity contribution in [3.8, 4) is 0 Å². The number of nitrogens with zero attached hydrogens (tertiary/aromatic N) is 1. The van der Waals surface area contributed by atoms with E-state index in [9.17, 15) is 9.59 Å². The van der Waals surface area contributed by atoms with Crippen LogP contribution in [0, 0.1) is 17.8 Å². The molecule has 1 aromatic rings. The fraction of sp³-hybridized carbons (Fsp3) is 0.500. The van der Waals surface area contributed by atoms with Crippen LogP contribution in [-0.4, -0.2) is 18.2 Å². The number of fused-ring (bicyclic) bond motifs is 3. The van der Waals surface area contributed by atoms with Crippen LogP contribution in [0.25, 0.3) is 0 Å². The Hall–Kier alpha value is -1.35. The summed E-state index contributed by atoms with van der Waals surface area (Å²) in [5.74, 6) is 1.37. The average molecular weight is 290 g/mol. The second kappa shape index (κ2) is 4.32. The number of hydrogen-bond acceptors (Lipinski definition) is 2. The normalized spacial score (nSPS) is 31.2. The lowest BCUT2D eigenvalue weighted by atomic mass is 9.88. The lowest BCUT2D eigenvalue weighted by molar-refractivity contribution is -0.114. The minimum Gasteiger partial charge on any atom is -0.304 e. The van der Waals surface area contributed by atoms with Gasteiger partial charge in [0.25, 0.3) is 11.7 Å². The number of ketones is 1. The van der Waals surface area contributed by atoms with Gasteiger partial charge in [0.1, 0.15) is 0 Å². The van der Waals surface area contributed by atoms with Crippen molar-refractivity contribution in [2.75, 3.05) is 11.4 Å². The van der Waals surface area contributed by atoms with Crippen molar-refractivity contribution in [1.82, 2.24) is 0 Å². The fourth-order valence-electron chi connectivity index (χ4n) is 4.29. The molecule has 4 rings (SSSR count). The van der Waals surface area contributed by atoms with E-state index in [4.69, 9.17) is 11.6 Å². The highest BCUT2D eigenvalue weighted by atomic mass is 35.5. The van der Waals surface area contributed by atoms with Gasteiger partial charge in [-0.05, 0) is 55.2 Å². The van der Waals surface area contributed by atoms with Crippen molar-refractivity contribution >= 4 is 29.0 Å². The van der Waals surface area contributed by atoms with Crippen molar-refractivity contribution in [3.05, 3.63) is 28.8 Å². The van der Waals surface area contributed by atoms with Gasteiger partial charge in [-0.1, -0.05) is 18.0 Å². The van der Waals surface area contributed by atoms with E-state index in [-0.39, 0.29) is 5.91 Å². The van der Waals surface area contributed by atoms with Gasteiger partial charge < -0.3 is 4.90 Å². The Morgan fingerprint density at radius 1 is 1.20 bits per heavy atom. The number of carbonyl (C=O) groups is 2. The molecule has 2 fully saturated rings. The number of carbonyl (C=O) groups excluding carboxylic acids is 2. The maximum Gasteiger partial charge on any atom is 0.299 e. The Bertz CT molecular complexity index is 612. The van der Waals surface area contributed by atoms with Crippen LogP contribution in [0.4, 0.5) is 5.69 Å². The SMILES string of the molecule is O=C1C(=O)N(CC2CC3CCC2C3)c2ccc(Cl)cc21. The molecule has 20 heavy (non-hydrogen) atoms. The van der Waals surface area contributed by atoms with Gasteiger partial charge in [-0.15, -0.1) is 0 Å². The lowest BCUT2D eigenvalue weighted by Crippen LogP contribution is -2.36. The molecule has 3 aliphatic rings. The third-order valence-electron chi connectivity index (χ3n) is 5.24. The number of benzene rings is 1. The topological polar surface area (TPSA) is 37.4 Å². The molecular formula is C16H16ClNO2. The summed E-state index contributed by atoms with van der Waals surface area (Å²) in [6.45, 7) is 0.695. The molecule has 1 amide bonds.